The molecule has 32 heavy (non-hydrogen) atoms. The van der Waals surface area contributed by atoms with E-state index in [9.17, 15) is 4.79 Å². The standard InChI is InChI=1S/C26H27BrN2O2S/c1-3-4-11-29(2)19-7-9-23-21(15-19)20-14-18(6-8-22(20)31-23)28-26(30)25-13-16-12-17(27)5-10-24(16)32-25/h5-6,8,10,12-14,19H,3-4,7,9,11,15H2,1-2H3,(H,28,30). The van der Waals surface area contributed by atoms with Crippen molar-refractivity contribution in [3.8, 4) is 0 Å². The van der Waals surface area contributed by atoms with Crippen LogP contribution in [0.2, 0.25) is 0 Å². The zero-order valence-electron chi connectivity index (χ0n) is 18.4. The number of aryl methyl sites for hydroxylation is 1. The highest BCUT2D eigenvalue weighted by molar-refractivity contribution is 9.10. The average molecular weight is 511 g/mol. The minimum atomic E-state index is -0.0730. The van der Waals surface area contributed by atoms with Gasteiger partial charge in [-0.2, -0.15) is 0 Å². The topological polar surface area (TPSA) is 45.5 Å². The van der Waals surface area contributed by atoms with Crippen molar-refractivity contribution in [3.63, 3.8) is 0 Å². The Morgan fingerprint density at radius 2 is 2.12 bits per heavy atom. The molecule has 1 N–H and O–H groups in total. The van der Waals surface area contributed by atoms with E-state index in [0.29, 0.717) is 10.9 Å². The molecule has 1 amide bonds. The van der Waals surface area contributed by atoms with Gasteiger partial charge in [-0.25, -0.2) is 0 Å². The van der Waals surface area contributed by atoms with E-state index in [-0.39, 0.29) is 5.91 Å². The number of carbonyl (C=O) groups excluding carboxylic acids is 1. The smallest absolute Gasteiger partial charge is 0.265 e. The van der Waals surface area contributed by atoms with E-state index in [4.69, 9.17) is 4.42 Å². The average Bonchev–Trinajstić information content (AvgIpc) is 3.37. The van der Waals surface area contributed by atoms with Crippen molar-refractivity contribution in [1.82, 2.24) is 4.90 Å². The Balaban J connectivity index is 1.38. The van der Waals surface area contributed by atoms with E-state index < -0.39 is 0 Å². The van der Waals surface area contributed by atoms with E-state index in [0.717, 1.165) is 62.8 Å². The van der Waals surface area contributed by atoms with Gasteiger partial charge in [0.25, 0.3) is 5.91 Å². The number of thiophene rings is 1. The molecule has 0 fully saturated rings. The number of halogens is 1. The maximum absolute atomic E-state index is 12.9. The number of hydrogen-bond acceptors (Lipinski definition) is 4. The fraction of sp³-hybridized carbons (Fsp3) is 0.346. The fourth-order valence-corrected chi connectivity index (χ4v) is 5.94. The summed E-state index contributed by atoms with van der Waals surface area (Å²) in [5.41, 5.74) is 3.03. The summed E-state index contributed by atoms with van der Waals surface area (Å²) in [5.74, 6) is 1.04. The Morgan fingerprint density at radius 3 is 2.97 bits per heavy atom. The van der Waals surface area contributed by atoms with Crippen LogP contribution in [-0.2, 0) is 12.8 Å². The quantitative estimate of drug-likeness (QED) is 0.297. The minimum absolute atomic E-state index is 0.0730. The number of nitrogens with one attached hydrogen (secondary N) is 1. The molecular formula is C26H27BrN2O2S. The first kappa shape index (κ1) is 21.7. The zero-order chi connectivity index (χ0) is 22.2. The van der Waals surface area contributed by atoms with Crippen LogP contribution < -0.4 is 5.32 Å². The molecule has 4 aromatic rings. The second-order valence-electron chi connectivity index (χ2n) is 8.69. The van der Waals surface area contributed by atoms with Gasteiger partial charge in [-0.1, -0.05) is 29.3 Å². The molecule has 1 aliphatic carbocycles. The van der Waals surface area contributed by atoms with Gasteiger partial charge in [-0.3, -0.25) is 4.79 Å². The summed E-state index contributed by atoms with van der Waals surface area (Å²) in [6, 6.07) is 14.6. The lowest BCUT2D eigenvalue weighted by atomic mass is 9.90. The molecule has 1 atom stereocenters. The molecular weight excluding hydrogens is 484 g/mol. The molecule has 0 saturated carbocycles. The summed E-state index contributed by atoms with van der Waals surface area (Å²) >= 11 is 5.01. The molecule has 1 unspecified atom stereocenters. The Kier molecular flexibility index (Phi) is 6.10. The predicted octanol–water partition coefficient (Wildman–Crippen LogP) is 7.25. The van der Waals surface area contributed by atoms with Crippen LogP contribution in [0.4, 0.5) is 5.69 Å². The highest BCUT2D eigenvalue weighted by Gasteiger charge is 2.26. The van der Waals surface area contributed by atoms with Crippen LogP contribution in [0, 0.1) is 0 Å². The third-order valence-electron chi connectivity index (χ3n) is 6.47. The minimum Gasteiger partial charge on any atom is -0.461 e. The molecule has 1 aliphatic rings. The molecule has 0 bridgehead atoms. The number of nitrogens with zero attached hydrogens (tertiary/aromatic N) is 1. The van der Waals surface area contributed by atoms with Gasteiger partial charge in [-0.05, 0) is 80.7 Å². The number of fused-ring (bicyclic) bond motifs is 4. The largest absolute Gasteiger partial charge is 0.461 e. The van der Waals surface area contributed by atoms with Gasteiger partial charge >= 0.3 is 0 Å². The normalized spacial score (nSPS) is 16.1. The third-order valence-corrected chi connectivity index (χ3v) is 8.07. The van der Waals surface area contributed by atoms with Crippen molar-refractivity contribution in [2.75, 3.05) is 18.9 Å². The number of anilines is 1. The molecule has 0 spiro atoms. The summed E-state index contributed by atoms with van der Waals surface area (Å²) in [5, 5.41) is 5.30. The van der Waals surface area contributed by atoms with Crippen LogP contribution in [0.3, 0.4) is 0 Å². The Hall–Kier alpha value is -2.15. The first-order chi connectivity index (χ1) is 15.5. The van der Waals surface area contributed by atoms with Gasteiger partial charge in [0, 0.05) is 38.3 Å². The third kappa shape index (κ3) is 4.24. The molecule has 0 radical (unpaired) electrons. The first-order valence-corrected chi connectivity index (χ1v) is 12.9. The summed E-state index contributed by atoms with van der Waals surface area (Å²) in [6.07, 6.45) is 5.57. The van der Waals surface area contributed by atoms with Gasteiger partial charge in [0.15, 0.2) is 0 Å². The monoisotopic (exact) mass is 510 g/mol. The molecule has 4 nitrogen and oxygen atoms in total. The van der Waals surface area contributed by atoms with Gasteiger partial charge < -0.3 is 14.6 Å². The van der Waals surface area contributed by atoms with Crippen LogP contribution in [0.15, 0.2) is 51.4 Å². The highest BCUT2D eigenvalue weighted by atomic mass is 79.9. The molecule has 2 aromatic heterocycles. The Bertz CT molecular complexity index is 1290. The molecule has 0 aliphatic heterocycles. The number of benzene rings is 2. The number of amides is 1. The van der Waals surface area contributed by atoms with E-state index in [1.54, 1.807) is 0 Å². The van der Waals surface area contributed by atoms with E-state index >= 15 is 0 Å². The van der Waals surface area contributed by atoms with Gasteiger partial charge in [0.2, 0.25) is 0 Å². The van der Waals surface area contributed by atoms with Crippen molar-refractivity contribution in [3.05, 3.63) is 63.1 Å². The van der Waals surface area contributed by atoms with Crippen molar-refractivity contribution in [2.24, 2.45) is 0 Å². The van der Waals surface area contributed by atoms with Crippen molar-refractivity contribution < 1.29 is 9.21 Å². The molecule has 0 saturated heterocycles. The molecule has 166 valence electrons. The summed E-state index contributed by atoms with van der Waals surface area (Å²) in [4.78, 5) is 16.1. The van der Waals surface area contributed by atoms with E-state index in [2.05, 4.69) is 46.2 Å². The lowest BCUT2D eigenvalue weighted by Gasteiger charge is -2.30. The van der Waals surface area contributed by atoms with Crippen LogP contribution in [0.1, 0.15) is 47.2 Å². The van der Waals surface area contributed by atoms with Gasteiger partial charge in [0.05, 0.1) is 4.88 Å². The number of likely N-dealkylation sites (N-methyl/N-ethyl adjacent to an activating group) is 1. The Labute approximate surface area is 200 Å². The fourth-order valence-electron chi connectivity index (χ4n) is 4.62. The van der Waals surface area contributed by atoms with Crippen LogP contribution in [0.25, 0.3) is 21.1 Å². The van der Waals surface area contributed by atoms with Crippen LogP contribution in [0.5, 0.6) is 0 Å². The number of carbonyl (C=O) groups is 1. The SMILES string of the molecule is CCCCN(C)C1CCc2oc3ccc(NC(=O)c4cc5cc(Br)ccc5s4)cc3c2C1. The molecule has 2 aromatic carbocycles. The van der Waals surface area contributed by atoms with E-state index in [1.165, 1.54) is 29.7 Å². The lowest BCUT2D eigenvalue weighted by molar-refractivity contribution is 0.103. The van der Waals surface area contributed by atoms with Crippen LogP contribution >= 0.6 is 27.3 Å². The number of furan rings is 1. The summed E-state index contributed by atoms with van der Waals surface area (Å²) in [7, 11) is 2.24. The van der Waals surface area contributed by atoms with Crippen LogP contribution in [-0.4, -0.2) is 30.4 Å². The summed E-state index contributed by atoms with van der Waals surface area (Å²) < 4.78 is 8.29. The van der Waals surface area contributed by atoms with E-state index in [1.807, 2.05) is 36.4 Å². The second kappa shape index (κ2) is 9.00. The number of rotatable bonds is 6. The van der Waals surface area contributed by atoms with Crippen molar-refractivity contribution in [1.29, 1.82) is 0 Å². The molecule has 5 rings (SSSR count). The number of unbranched alkanes of at least 4 members (excludes halogenated alkanes) is 1. The predicted molar refractivity (Wildman–Crippen MR) is 137 cm³/mol. The van der Waals surface area contributed by atoms with Crippen molar-refractivity contribution >= 4 is 59.9 Å². The summed E-state index contributed by atoms with van der Waals surface area (Å²) in [6.45, 7) is 3.38. The second-order valence-corrected chi connectivity index (χ2v) is 10.7. The first-order valence-electron chi connectivity index (χ1n) is 11.3. The maximum Gasteiger partial charge on any atom is 0.265 e. The highest BCUT2D eigenvalue weighted by Crippen LogP contribution is 2.35. The number of hydrogen-bond donors (Lipinski definition) is 1. The molecule has 6 heteroatoms. The van der Waals surface area contributed by atoms with Crippen molar-refractivity contribution in [2.45, 2.75) is 45.1 Å². The van der Waals surface area contributed by atoms with Gasteiger partial charge in [-0.15, -0.1) is 11.3 Å². The van der Waals surface area contributed by atoms with Gasteiger partial charge in [0.1, 0.15) is 11.3 Å². The Morgan fingerprint density at radius 1 is 1.25 bits per heavy atom. The molecule has 2 heterocycles. The lowest BCUT2D eigenvalue weighted by Crippen LogP contribution is -2.36. The maximum atomic E-state index is 12.9. The zero-order valence-corrected chi connectivity index (χ0v) is 20.8.